The van der Waals surface area contributed by atoms with Crippen molar-refractivity contribution in [1.29, 1.82) is 0 Å². The van der Waals surface area contributed by atoms with Crippen LogP contribution in [0.1, 0.15) is 11.1 Å². The van der Waals surface area contributed by atoms with Crippen molar-refractivity contribution in [3.63, 3.8) is 0 Å². The summed E-state index contributed by atoms with van der Waals surface area (Å²) in [4.78, 5) is 0.210. The van der Waals surface area contributed by atoms with Gasteiger partial charge in [-0.3, -0.25) is 0 Å². The molecule has 114 valence electrons. The standard InChI is InChI=1S/C16H20O3S2/c1-14-9-11-16(12-10-14)21(17,18)19-20(2,3)13-15-7-5-4-6-8-15/h4-12H,13H2,1-3H3. The summed E-state index contributed by atoms with van der Waals surface area (Å²) in [5.74, 6) is 0.610. The van der Waals surface area contributed by atoms with Crippen LogP contribution in [0.3, 0.4) is 0 Å². The van der Waals surface area contributed by atoms with Crippen LogP contribution >= 0.6 is 10.3 Å². The van der Waals surface area contributed by atoms with E-state index in [2.05, 4.69) is 0 Å². The maximum atomic E-state index is 12.3. The SMILES string of the molecule is Cc1ccc(S(=O)(=O)OS(C)(C)Cc2ccccc2)cc1. The van der Waals surface area contributed by atoms with Crippen LogP contribution < -0.4 is 0 Å². The molecule has 0 aromatic heterocycles. The van der Waals surface area contributed by atoms with Crippen LogP contribution in [0.2, 0.25) is 0 Å². The molecule has 0 aliphatic heterocycles. The number of hydrogen-bond acceptors (Lipinski definition) is 3. The molecule has 0 atom stereocenters. The van der Waals surface area contributed by atoms with E-state index < -0.39 is 20.4 Å². The van der Waals surface area contributed by atoms with Gasteiger partial charge < -0.3 is 0 Å². The van der Waals surface area contributed by atoms with Crippen LogP contribution in [-0.2, 0) is 19.5 Å². The van der Waals surface area contributed by atoms with Gasteiger partial charge in [0.05, 0.1) is 4.90 Å². The molecule has 2 aromatic rings. The first-order chi connectivity index (χ1) is 9.78. The molecule has 0 unspecified atom stereocenters. The fraction of sp³-hybridized carbons (Fsp3) is 0.250. The van der Waals surface area contributed by atoms with E-state index in [1.54, 1.807) is 24.3 Å². The lowest BCUT2D eigenvalue weighted by molar-refractivity contribution is 0.511. The second kappa shape index (κ2) is 6.22. The largest absolute Gasteiger partial charge is 0.306 e. The fourth-order valence-electron chi connectivity index (χ4n) is 1.99. The predicted octanol–water partition coefficient (Wildman–Crippen LogP) is 3.88. The van der Waals surface area contributed by atoms with Crippen LogP contribution in [0.25, 0.3) is 0 Å². The van der Waals surface area contributed by atoms with E-state index in [0.717, 1.165) is 11.1 Å². The molecule has 0 saturated carbocycles. The third-order valence-electron chi connectivity index (χ3n) is 2.94. The summed E-state index contributed by atoms with van der Waals surface area (Å²) in [6.07, 6.45) is 3.73. The summed E-state index contributed by atoms with van der Waals surface area (Å²) in [6, 6.07) is 16.5. The van der Waals surface area contributed by atoms with E-state index in [1.165, 1.54) is 0 Å². The highest BCUT2D eigenvalue weighted by Crippen LogP contribution is 2.47. The van der Waals surface area contributed by atoms with Gasteiger partial charge in [0.15, 0.2) is 0 Å². The molecule has 21 heavy (non-hydrogen) atoms. The van der Waals surface area contributed by atoms with Crippen molar-refractivity contribution in [2.24, 2.45) is 0 Å². The molecule has 0 aliphatic carbocycles. The minimum absolute atomic E-state index is 0.210. The average Bonchev–Trinajstić information content (AvgIpc) is 2.38. The highest BCUT2D eigenvalue weighted by molar-refractivity contribution is 8.31. The first-order valence-corrected chi connectivity index (χ1v) is 10.5. The van der Waals surface area contributed by atoms with Gasteiger partial charge >= 0.3 is 10.1 Å². The minimum Gasteiger partial charge on any atom is -0.216 e. The first kappa shape index (κ1) is 16.1. The lowest BCUT2D eigenvalue weighted by atomic mass is 10.2. The second-order valence-electron chi connectivity index (χ2n) is 5.40. The van der Waals surface area contributed by atoms with Gasteiger partial charge in [-0.1, -0.05) is 48.0 Å². The Morgan fingerprint density at radius 3 is 2.05 bits per heavy atom. The summed E-state index contributed by atoms with van der Waals surface area (Å²) in [5, 5.41) is 0. The maximum absolute atomic E-state index is 12.3. The van der Waals surface area contributed by atoms with Crippen molar-refractivity contribution in [3.8, 4) is 0 Å². The molecule has 0 saturated heterocycles. The molecule has 2 rings (SSSR count). The Balaban J connectivity index is 2.17. The van der Waals surface area contributed by atoms with E-state index in [-0.39, 0.29) is 4.90 Å². The average molecular weight is 324 g/mol. The molecule has 0 N–H and O–H groups in total. The third-order valence-corrected chi connectivity index (χ3v) is 7.01. The van der Waals surface area contributed by atoms with E-state index in [4.69, 9.17) is 3.63 Å². The van der Waals surface area contributed by atoms with Crippen LogP contribution in [-0.4, -0.2) is 20.9 Å². The molecule has 0 heterocycles. The van der Waals surface area contributed by atoms with Crippen molar-refractivity contribution in [3.05, 3.63) is 65.7 Å². The van der Waals surface area contributed by atoms with E-state index in [1.807, 2.05) is 49.8 Å². The molecule has 0 radical (unpaired) electrons. The van der Waals surface area contributed by atoms with Gasteiger partial charge in [-0.05, 0) is 37.1 Å². The molecular formula is C16H20O3S2. The fourth-order valence-corrected chi connectivity index (χ4v) is 5.90. The zero-order chi connectivity index (χ0) is 15.5. The Morgan fingerprint density at radius 1 is 0.905 bits per heavy atom. The van der Waals surface area contributed by atoms with Crippen LogP contribution in [0.5, 0.6) is 0 Å². The van der Waals surface area contributed by atoms with Crippen LogP contribution in [0.15, 0.2) is 59.5 Å². The molecule has 0 spiro atoms. The smallest absolute Gasteiger partial charge is 0.216 e. The second-order valence-corrected chi connectivity index (χ2v) is 10.5. The topological polar surface area (TPSA) is 43.4 Å². The zero-order valence-corrected chi connectivity index (χ0v) is 14.1. The summed E-state index contributed by atoms with van der Waals surface area (Å²) in [6.45, 7) is 1.92. The summed E-state index contributed by atoms with van der Waals surface area (Å²) in [7, 11) is -5.46. The normalized spacial score (nSPS) is 13.1. The zero-order valence-electron chi connectivity index (χ0n) is 12.4. The minimum atomic E-state index is -3.72. The van der Waals surface area contributed by atoms with Crippen LogP contribution in [0, 0.1) is 6.92 Å². The molecule has 3 nitrogen and oxygen atoms in total. The molecule has 0 bridgehead atoms. The Hall–Kier alpha value is -1.30. The number of rotatable bonds is 5. The number of aryl methyl sites for hydroxylation is 1. The summed E-state index contributed by atoms with van der Waals surface area (Å²) in [5.41, 5.74) is 2.10. The van der Waals surface area contributed by atoms with Crippen molar-refractivity contribution in [2.75, 3.05) is 12.5 Å². The van der Waals surface area contributed by atoms with Gasteiger partial charge in [-0.25, -0.2) is 3.63 Å². The third kappa shape index (κ3) is 4.59. The van der Waals surface area contributed by atoms with E-state index >= 15 is 0 Å². The highest BCUT2D eigenvalue weighted by Gasteiger charge is 2.24. The molecule has 0 fully saturated rings. The Kier molecular flexibility index (Phi) is 4.76. The van der Waals surface area contributed by atoms with E-state index in [9.17, 15) is 8.42 Å². The monoisotopic (exact) mass is 324 g/mol. The van der Waals surface area contributed by atoms with Crippen molar-refractivity contribution >= 4 is 20.4 Å². The Morgan fingerprint density at radius 2 is 1.48 bits per heavy atom. The van der Waals surface area contributed by atoms with Gasteiger partial charge in [0.2, 0.25) is 0 Å². The maximum Gasteiger partial charge on any atom is 0.306 e. The van der Waals surface area contributed by atoms with Gasteiger partial charge in [0, 0.05) is 5.75 Å². The molecule has 5 heteroatoms. The van der Waals surface area contributed by atoms with Crippen molar-refractivity contribution in [1.82, 2.24) is 0 Å². The molecular weight excluding hydrogens is 304 g/mol. The molecule has 2 aromatic carbocycles. The number of hydrogen-bond donors (Lipinski definition) is 0. The van der Waals surface area contributed by atoms with Gasteiger partial charge in [0.1, 0.15) is 0 Å². The molecule has 0 aliphatic rings. The highest BCUT2D eigenvalue weighted by atomic mass is 32.3. The Bertz CT molecular complexity index is 690. The Labute approximate surface area is 128 Å². The number of benzene rings is 2. The molecule has 0 amide bonds. The summed E-state index contributed by atoms with van der Waals surface area (Å²) < 4.78 is 30.2. The van der Waals surface area contributed by atoms with Gasteiger partial charge in [-0.15, -0.1) is 10.3 Å². The lowest BCUT2D eigenvalue weighted by Crippen LogP contribution is -2.12. The quantitative estimate of drug-likeness (QED) is 0.838. The summed E-state index contributed by atoms with van der Waals surface area (Å²) >= 11 is 0. The van der Waals surface area contributed by atoms with Crippen molar-refractivity contribution < 1.29 is 12.0 Å². The van der Waals surface area contributed by atoms with Crippen LogP contribution in [0.4, 0.5) is 0 Å². The first-order valence-electron chi connectivity index (χ1n) is 6.56. The van der Waals surface area contributed by atoms with Gasteiger partial charge in [-0.2, -0.15) is 8.42 Å². The lowest BCUT2D eigenvalue weighted by Gasteiger charge is -2.29. The van der Waals surface area contributed by atoms with E-state index in [0.29, 0.717) is 5.75 Å². The van der Waals surface area contributed by atoms with Crippen molar-refractivity contribution in [2.45, 2.75) is 17.6 Å². The predicted molar refractivity (Wildman–Crippen MR) is 89.0 cm³/mol. The van der Waals surface area contributed by atoms with Gasteiger partial charge in [0.25, 0.3) is 0 Å².